The third-order valence-corrected chi connectivity index (χ3v) is 6.03. The van der Waals surface area contributed by atoms with Crippen molar-refractivity contribution >= 4 is 11.8 Å². The van der Waals surface area contributed by atoms with Crippen molar-refractivity contribution in [3.05, 3.63) is 29.8 Å². The molecular formula is C18H28N2S. The van der Waals surface area contributed by atoms with Crippen molar-refractivity contribution in [2.24, 2.45) is 0 Å². The van der Waals surface area contributed by atoms with Crippen LogP contribution in [0.3, 0.4) is 0 Å². The lowest BCUT2D eigenvalue weighted by molar-refractivity contribution is 0.158. The SMILES string of the molecule is CC1CCCCN1CCCNC1CCSc2ccccc21. The Labute approximate surface area is 133 Å². The van der Waals surface area contributed by atoms with Gasteiger partial charge in [-0.15, -0.1) is 11.8 Å². The number of nitrogens with one attached hydrogen (secondary N) is 1. The molecule has 2 aliphatic rings. The molecular weight excluding hydrogens is 276 g/mol. The lowest BCUT2D eigenvalue weighted by Gasteiger charge is -2.33. The maximum absolute atomic E-state index is 3.79. The van der Waals surface area contributed by atoms with Crippen LogP contribution >= 0.6 is 11.8 Å². The number of nitrogens with zero attached hydrogens (tertiary/aromatic N) is 1. The predicted octanol–water partition coefficient (Wildman–Crippen LogP) is 4.08. The van der Waals surface area contributed by atoms with Gasteiger partial charge in [0.1, 0.15) is 0 Å². The first kappa shape index (κ1) is 15.4. The summed E-state index contributed by atoms with van der Waals surface area (Å²) in [6.45, 7) is 6.11. The highest BCUT2D eigenvalue weighted by Gasteiger charge is 2.20. The van der Waals surface area contributed by atoms with Gasteiger partial charge in [0, 0.05) is 17.0 Å². The smallest absolute Gasteiger partial charge is 0.0339 e. The topological polar surface area (TPSA) is 15.3 Å². The summed E-state index contributed by atoms with van der Waals surface area (Å²) in [6, 6.07) is 10.3. The molecule has 2 unspecified atom stereocenters. The van der Waals surface area contributed by atoms with E-state index in [1.807, 2.05) is 11.8 Å². The minimum absolute atomic E-state index is 0.571. The van der Waals surface area contributed by atoms with Gasteiger partial charge in [-0.25, -0.2) is 0 Å². The van der Waals surface area contributed by atoms with Gasteiger partial charge in [-0.1, -0.05) is 24.6 Å². The summed E-state index contributed by atoms with van der Waals surface area (Å²) in [4.78, 5) is 4.15. The van der Waals surface area contributed by atoms with E-state index in [9.17, 15) is 0 Å². The van der Waals surface area contributed by atoms with Gasteiger partial charge in [-0.2, -0.15) is 0 Å². The van der Waals surface area contributed by atoms with Crippen LogP contribution in [-0.4, -0.2) is 36.3 Å². The Morgan fingerprint density at radius 3 is 3.05 bits per heavy atom. The molecule has 0 saturated carbocycles. The number of benzene rings is 1. The first-order valence-corrected chi connectivity index (χ1v) is 9.52. The standard InChI is InChI=1S/C18H28N2S/c1-15-7-4-5-12-20(15)13-6-11-19-17-10-14-21-18-9-3-2-8-16(17)18/h2-3,8-9,15,17,19H,4-7,10-14H2,1H3. The van der Waals surface area contributed by atoms with Crippen molar-refractivity contribution in [2.45, 2.75) is 56.0 Å². The zero-order valence-electron chi connectivity index (χ0n) is 13.2. The number of hydrogen-bond donors (Lipinski definition) is 1. The Balaban J connectivity index is 1.44. The minimum Gasteiger partial charge on any atom is -0.310 e. The zero-order chi connectivity index (χ0) is 14.5. The number of piperidine rings is 1. The first-order valence-electron chi connectivity index (χ1n) is 8.54. The van der Waals surface area contributed by atoms with Crippen LogP contribution < -0.4 is 5.32 Å². The van der Waals surface area contributed by atoms with E-state index in [0.717, 1.165) is 12.6 Å². The Bertz CT molecular complexity index is 449. The molecule has 0 amide bonds. The summed E-state index contributed by atoms with van der Waals surface area (Å²) in [6.07, 6.45) is 6.75. The predicted molar refractivity (Wildman–Crippen MR) is 92.0 cm³/mol. The minimum atomic E-state index is 0.571. The molecule has 1 fully saturated rings. The fourth-order valence-electron chi connectivity index (χ4n) is 3.60. The largest absolute Gasteiger partial charge is 0.310 e. The fraction of sp³-hybridized carbons (Fsp3) is 0.667. The molecule has 116 valence electrons. The second kappa shape index (κ2) is 7.66. The van der Waals surface area contributed by atoms with Gasteiger partial charge in [0.2, 0.25) is 0 Å². The molecule has 2 heterocycles. The molecule has 2 atom stereocenters. The van der Waals surface area contributed by atoms with E-state index in [4.69, 9.17) is 0 Å². The van der Waals surface area contributed by atoms with Gasteiger partial charge >= 0.3 is 0 Å². The highest BCUT2D eigenvalue weighted by molar-refractivity contribution is 7.99. The molecule has 0 radical (unpaired) electrons. The number of hydrogen-bond acceptors (Lipinski definition) is 3. The normalized spacial score (nSPS) is 26.5. The maximum Gasteiger partial charge on any atom is 0.0339 e. The number of fused-ring (bicyclic) bond motifs is 1. The molecule has 1 aromatic carbocycles. The molecule has 3 heteroatoms. The summed E-state index contributed by atoms with van der Waals surface area (Å²) in [5.41, 5.74) is 1.51. The molecule has 2 aliphatic heterocycles. The van der Waals surface area contributed by atoms with Gasteiger partial charge in [-0.05, 0) is 69.6 Å². The summed E-state index contributed by atoms with van der Waals surface area (Å²) >= 11 is 2.01. The Morgan fingerprint density at radius 1 is 1.24 bits per heavy atom. The van der Waals surface area contributed by atoms with E-state index in [0.29, 0.717) is 6.04 Å². The van der Waals surface area contributed by atoms with Crippen LogP contribution in [0.5, 0.6) is 0 Å². The molecule has 0 aromatic heterocycles. The van der Waals surface area contributed by atoms with Crippen LogP contribution in [0.4, 0.5) is 0 Å². The molecule has 0 spiro atoms. The number of thioether (sulfide) groups is 1. The average molecular weight is 305 g/mol. The van der Waals surface area contributed by atoms with Crippen molar-refractivity contribution in [1.82, 2.24) is 10.2 Å². The van der Waals surface area contributed by atoms with Crippen molar-refractivity contribution in [1.29, 1.82) is 0 Å². The summed E-state index contributed by atoms with van der Waals surface area (Å²) in [5, 5.41) is 3.79. The zero-order valence-corrected chi connectivity index (χ0v) is 14.0. The van der Waals surface area contributed by atoms with E-state index in [1.165, 1.54) is 61.4 Å². The van der Waals surface area contributed by atoms with E-state index in [2.05, 4.69) is 41.4 Å². The fourth-order valence-corrected chi connectivity index (χ4v) is 4.73. The average Bonchev–Trinajstić information content (AvgIpc) is 2.53. The second-order valence-corrected chi connectivity index (χ2v) is 7.55. The summed E-state index contributed by atoms with van der Waals surface area (Å²) < 4.78 is 0. The lowest BCUT2D eigenvalue weighted by Crippen LogP contribution is -2.39. The van der Waals surface area contributed by atoms with Crippen molar-refractivity contribution in [2.75, 3.05) is 25.4 Å². The Hall–Kier alpha value is -0.510. The highest BCUT2D eigenvalue weighted by Crippen LogP contribution is 2.35. The molecule has 1 aromatic rings. The summed E-state index contributed by atoms with van der Waals surface area (Å²) in [7, 11) is 0. The van der Waals surface area contributed by atoms with E-state index in [1.54, 1.807) is 0 Å². The molecule has 0 aliphatic carbocycles. The third kappa shape index (κ3) is 4.02. The van der Waals surface area contributed by atoms with Crippen LogP contribution in [0.1, 0.15) is 50.6 Å². The summed E-state index contributed by atoms with van der Waals surface area (Å²) in [5.74, 6) is 1.25. The van der Waals surface area contributed by atoms with Gasteiger partial charge in [0.05, 0.1) is 0 Å². The van der Waals surface area contributed by atoms with Gasteiger partial charge in [0.15, 0.2) is 0 Å². The molecule has 3 rings (SSSR count). The number of likely N-dealkylation sites (tertiary alicyclic amines) is 1. The van der Waals surface area contributed by atoms with Crippen LogP contribution in [-0.2, 0) is 0 Å². The van der Waals surface area contributed by atoms with Crippen molar-refractivity contribution in [3.63, 3.8) is 0 Å². The quantitative estimate of drug-likeness (QED) is 0.825. The first-order chi connectivity index (χ1) is 10.3. The van der Waals surface area contributed by atoms with Crippen LogP contribution in [0.25, 0.3) is 0 Å². The van der Waals surface area contributed by atoms with E-state index in [-0.39, 0.29) is 0 Å². The van der Waals surface area contributed by atoms with Gasteiger partial charge in [-0.3, -0.25) is 0 Å². The van der Waals surface area contributed by atoms with Crippen LogP contribution in [0, 0.1) is 0 Å². The Morgan fingerprint density at radius 2 is 2.14 bits per heavy atom. The van der Waals surface area contributed by atoms with Crippen LogP contribution in [0.15, 0.2) is 29.2 Å². The van der Waals surface area contributed by atoms with Crippen LogP contribution in [0.2, 0.25) is 0 Å². The molecule has 2 nitrogen and oxygen atoms in total. The molecule has 1 N–H and O–H groups in total. The second-order valence-electron chi connectivity index (χ2n) is 6.42. The molecule has 1 saturated heterocycles. The number of rotatable bonds is 5. The van der Waals surface area contributed by atoms with E-state index < -0.39 is 0 Å². The molecule has 0 bridgehead atoms. The van der Waals surface area contributed by atoms with Crippen molar-refractivity contribution < 1.29 is 0 Å². The monoisotopic (exact) mass is 304 g/mol. The third-order valence-electron chi connectivity index (χ3n) is 4.91. The molecule has 21 heavy (non-hydrogen) atoms. The lowest BCUT2D eigenvalue weighted by atomic mass is 10.0. The van der Waals surface area contributed by atoms with E-state index >= 15 is 0 Å². The highest BCUT2D eigenvalue weighted by atomic mass is 32.2. The van der Waals surface area contributed by atoms with Gasteiger partial charge in [0.25, 0.3) is 0 Å². The maximum atomic E-state index is 3.79. The Kier molecular flexibility index (Phi) is 5.61. The van der Waals surface area contributed by atoms with Crippen molar-refractivity contribution in [3.8, 4) is 0 Å². The van der Waals surface area contributed by atoms with Gasteiger partial charge < -0.3 is 10.2 Å².